The molecule has 0 aromatic rings. The molecule has 1 unspecified atom stereocenters. The van der Waals surface area contributed by atoms with Crippen molar-refractivity contribution in [2.24, 2.45) is 0 Å². The summed E-state index contributed by atoms with van der Waals surface area (Å²) in [6.45, 7) is 6.40. The predicted octanol–water partition coefficient (Wildman–Crippen LogP) is 16.8. The molecule has 0 radical (unpaired) electrons. The molecule has 354 valence electrons. The number of hydrogen-bond donors (Lipinski definition) is 0. The first-order valence-corrected chi connectivity index (χ1v) is 25.6. The van der Waals surface area contributed by atoms with Gasteiger partial charge < -0.3 is 14.2 Å². The van der Waals surface area contributed by atoms with Crippen molar-refractivity contribution in [3.63, 3.8) is 0 Å². The van der Waals surface area contributed by atoms with Crippen LogP contribution in [0.2, 0.25) is 0 Å². The zero-order chi connectivity index (χ0) is 45.1. The lowest BCUT2D eigenvalue weighted by atomic mass is 10.0. The minimum absolute atomic E-state index is 0.101. The maximum Gasteiger partial charge on any atom is 0.306 e. The van der Waals surface area contributed by atoms with E-state index in [4.69, 9.17) is 14.2 Å². The fraction of sp³-hybridized carbons (Fsp3) is 0.696. The lowest BCUT2D eigenvalue weighted by Gasteiger charge is -2.18. The average Bonchev–Trinajstić information content (AvgIpc) is 3.27. The fourth-order valence-electron chi connectivity index (χ4n) is 6.81. The highest BCUT2D eigenvalue weighted by Gasteiger charge is 2.19. The molecule has 0 aliphatic heterocycles. The van der Waals surface area contributed by atoms with Gasteiger partial charge in [0.2, 0.25) is 0 Å². The third-order valence-electron chi connectivity index (χ3n) is 10.6. The third-order valence-corrected chi connectivity index (χ3v) is 10.6. The molecule has 0 saturated heterocycles. The molecule has 0 aliphatic rings. The van der Waals surface area contributed by atoms with Crippen LogP contribution in [0.3, 0.4) is 0 Å². The largest absolute Gasteiger partial charge is 0.462 e. The molecular formula is C56H94O6. The second kappa shape index (κ2) is 50.2. The van der Waals surface area contributed by atoms with Gasteiger partial charge in [-0.3, -0.25) is 14.4 Å². The van der Waals surface area contributed by atoms with Crippen molar-refractivity contribution in [1.82, 2.24) is 0 Å². The zero-order valence-electron chi connectivity index (χ0n) is 40.4. The molecule has 6 heteroatoms. The maximum atomic E-state index is 12.8. The molecule has 0 bridgehead atoms. The topological polar surface area (TPSA) is 78.9 Å². The van der Waals surface area contributed by atoms with E-state index in [-0.39, 0.29) is 37.5 Å². The van der Waals surface area contributed by atoms with E-state index in [0.717, 1.165) is 109 Å². The summed E-state index contributed by atoms with van der Waals surface area (Å²) in [6.07, 6.45) is 64.2. The lowest BCUT2D eigenvalue weighted by Crippen LogP contribution is -2.30. The van der Waals surface area contributed by atoms with Crippen molar-refractivity contribution < 1.29 is 28.6 Å². The second-order valence-electron chi connectivity index (χ2n) is 16.7. The van der Waals surface area contributed by atoms with Crippen molar-refractivity contribution in [3.05, 3.63) is 85.1 Å². The number of allylic oxidation sites excluding steroid dienone is 14. The molecular weight excluding hydrogens is 769 g/mol. The monoisotopic (exact) mass is 863 g/mol. The van der Waals surface area contributed by atoms with Crippen LogP contribution in [0.1, 0.15) is 233 Å². The summed E-state index contributed by atoms with van der Waals surface area (Å²) in [4.78, 5) is 37.9. The van der Waals surface area contributed by atoms with E-state index in [2.05, 4.69) is 106 Å². The second-order valence-corrected chi connectivity index (χ2v) is 16.7. The minimum Gasteiger partial charge on any atom is -0.462 e. The Labute approximate surface area is 382 Å². The summed E-state index contributed by atoms with van der Waals surface area (Å²) < 4.78 is 16.7. The molecule has 0 spiro atoms. The van der Waals surface area contributed by atoms with E-state index < -0.39 is 6.10 Å². The molecule has 6 nitrogen and oxygen atoms in total. The van der Waals surface area contributed by atoms with Gasteiger partial charge in [-0.2, -0.15) is 0 Å². The number of hydrogen-bond acceptors (Lipinski definition) is 6. The number of carbonyl (C=O) groups excluding carboxylic acids is 3. The van der Waals surface area contributed by atoms with Gasteiger partial charge >= 0.3 is 17.9 Å². The summed E-state index contributed by atoms with van der Waals surface area (Å²) in [5.41, 5.74) is 0. The molecule has 1 atom stereocenters. The fourth-order valence-corrected chi connectivity index (χ4v) is 6.81. The highest BCUT2D eigenvalue weighted by atomic mass is 16.6. The lowest BCUT2D eigenvalue weighted by molar-refractivity contribution is -0.167. The molecule has 0 N–H and O–H groups in total. The van der Waals surface area contributed by atoms with Crippen molar-refractivity contribution in [2.45, 2.75) is 239 Å². The van der Waals surface area contributed by atoms with Gasteiger partial charge in [0.15, 0.2) is 6.10 Å². The van der Waals surface area contributed by atoms with E-state index in [0.29, 0.717) is 19.3 Å². The Morgan fingerprint density at radius 2 is 0.677 bits per heavy atom. The van der Waals surface area contributed by atoms with Crippen LogP contribution in [0, 0.1) is 0 Å². The van der Waals surface area contributed by atoms with Crippen molar-refractivity contribution in [2.75, 3.05) is 13.2 Å². The van der Waals surface area contributed by atoms with Gasteiger partial charge in [-0.05, 0) is 83.5 Å². The third kappa shape index (κ3) is 47.6. The Morgan fingerprint density at radius 1 is 0.339 bits per heavy atom. The van der Waals surface area contributed by atoms with Gasteiger partial charge in [-0.1, -0.05) is 215 Å². The standard InChI is InChI=1S/C56H94O6/c1-4-7-10-13-16-19-22-25-27-28-29-32-34-37-40-43-46-49-55(58)61-52-53(51-60-54(57)48-45-42-39-36-33-30-24-21-18-15-12-9-6-3)62-56(59)50-47-44-41-38-35-31-26-23-20-17-14-11-8-5-2/h7,10,12,15-16,19,21,24-25,27,29,32,37,40,53H,4-6,8-9,11,13-14,17-18,20,22-23,26,28,30-31,33-36,38-39,41-52H2,1-3H3/b10-7-,15-12-,19-16-,24-21-,27-25-,32-29-,40-37-. The van der Waals surface area contributed by atoms with Crippen LogP contribution in [0.4, 0.5) is 0 Å². The SMILES string of the molecule is CC/C=C\C/C=C\C/C=C\C/C=C\C/C=C\CCCC(=O)OCC(COC(=O)CCCCCCC/C=C\C/C=C\CCC)OC(=O)CCCCCCCCCCCCCCCC. The van der Waals surface area contributed by atoms with Crippen LogP contribution in [0.15, 0.2) is 85.1 Å². The van der Waals surface area contributed by atoms with Crippen molar-refractivity contribution in [3.8, 4) is 0 Å². The summed E-state index contributed by atoms with van der Waals surface area (Å²) >= 11 is 0. The van der Waals surface area contributed by atoms with Crippen LogP contribution in [-0.2, 0) is 28.6 Å². The summed E-state index contributed by atoms with van der Waals surface area (Å²) in [6, 6.07) is 0. The van der Waals surface area contributed by atoms with Gasteiger partial charge in [-0.15, -0.1) is 0 Å². The normalized spacial score (nSPS) is 12.8. The van der Waals surface area contributed by atoms with Crippen LogP contribution >= 0.6 is 0 Å². The zero-order valence-corrected chi connectivity index (χ0v) is 40.4. The first-order chi connectivity index (χ1) is 30.5. The highest BCUT2D eigenvalue weighted by Crippen LogP contribution is 2.15. The Kier molecular flexibility index (Phi) is 47.5. The smallest absolute Gasteiger partial charge is 0.306 e. The maximum absolute atomic E-state index is 12.8. The molecule has 0 fully saturated rings. The average molecular weight is 863 g/mol. The van der Waals surface area contributed by atoms with E-state index >= 15 is 0 Å². The van der Waals surface area contributed by atoms with Crippen LogP contribution in [0.25, 0.3) is 0 Å². The van der Waals surface area contributed by atoms with Gasteiger partial charge in [0.1, 0.15) is 13.2 Å². The quantitative estimate of drug-likeness (QED) is 0.0263. The highest BCUT2D eigenvalue weighted by molar-refractivity contribution is 5.71. The molecule has 0 amide bonds. The van der Waals surface area contributed by atoms with Crippen LogP contribution in [0.5, 0.6) is 0 Å². The van der Waals surface area contributed by atoms with E-state index in [1.807, 2.05) is 0 Å². The number of carbonyl (C=O) groups is 3. The number of esters is 3. The first-order valence-electron chi connectivity index (χ1n) is 25.6. The van der Waals surface area contributed by atoms with E-state index in [9.17, 15) is 14.4 Å². The summed E-state index contributed by atoms with van der Waals surface area (Å²) in [5.74, 6) is -0.973. The number of ether oxygens (including phenoxy) is 3. The first kappa shape index (κ1) is 58.6. The van der Waals surface area contributed by atoms with Crippen LogP contribution in [-0.4, -0.2) is 37.2 Å². The van der Waals surface area contributed by atoms with Gasteiger partial charge in [0.25, 0.3) is 0 Å². The molecule has 62 heavy (non-hydrogen) atoms. The Morgan fingerprint density at radius 3 is 1.11 bits per heavy atom. The number of unbranched alkanes of at least 4 members (excludes halogenated alkanes) is 20. The van der Waals surface area contributed by atoms with Gasteiger partial charge in [-0.25, -0.2) is 0 Å². The van der Waals surface area contributed by atoms with Crippen molar-refractivity contribution >= 4 is 17.9 Å². The molecule has 0 aliphatic carbocycles. The Hall–Kier alpha value is -3.41. The molecule has 0 heterocycles. The van der Waals surface area contributed by atoms with Crippen molar-refractivity contribution in [1.29, 1.82) is 0 Å². The molecule has 0 aromatic heterocycles. The molecule has 0 aromatic carbocycles. The van der Waals surface area contributed by atoms with Gasteiger partial charge in [0, 0.05) is 19.3 Å². The Balaban J connectivity index is 4.49. The minimum atomic E-state index is -0.803. The van der Waals surface area contributed by atoms with Gasteiger partial charge in [0.05, 0.1) is 0 Å². The van der Waals surface area contributed by atoms with E-state index in [1.54, 1.807) is 0 Å². The molecule has 0 rings (SSSR count). The number of rotatable bonds is 45. The molecule has 0 saturated carbocycles. The Bertz CT molecular complexity index is 1220. The van der Waals surface area contributed by atoms with Crippen LogP contribution < -0.4 is 0 Å². The van der Waals surface area contributed by atoms with E-state index in [1.165, 1.54) is 77.0 Å². The predicted molar refractivity (Wildman–Crippen MR) is 265 cm³/mol. The summed E-state index contributed by atoms with van der Waals surface area (Å²) in [5, 5.41) is 0. The summed E-state index contributed by atoms with van der Waals surface area (Å²) in [7, 11) is 0.